The molecular formula is C46H27N5O. The summed E-state index contributed by atoms with van der Waals surface area (Å²) in [5, 5.41) is 6.87. The summed E-state index contributed by atoms with van der Waals surface area (Å²) in [4.78, 5) is 29.2. The van der Waals surface area contributed by atoms with E-state index in [1.54, 1.807) is 4.40 Å². The van der Waals surface area contributed by atoms with Crippen molar-refractivity contribution in [3.63, 3.8) is 0 Å². The predicted octanol–water partition coefficient (Wildman–Crippen LogP) is 10.5. The summed E-state index contributed by atoms with van der Waals surface area (Å²) in [7, 11) is 0. The van der Waals surface area contributed by atoms with Crippen LogP contribution >= 0.6 is 0 Å². The highest BCUT2D eigenvalue weighted by Gasteiger charge is 2.19. The van der Waals surface area contributed by atoms with Crippen LogP contribution in [0.25, 0.3) is 99.3 Å². The summed E-state index contributed by atoms with van der Waals surface area (Å²) in [6.07, 6.45) is 0. The number of para-hydroxylation sites is 4. The minimum atomic E-state index is -0.0594. The van der Waals surface area contributed by atoms with Gasteiger partial charge >= 0.3 is 0 Å². The molecule has 0 amide bonds. The molecule has 0 unspecified atom stereocenters. The first-order valence-corrected chi connectivity index (χ1v) is 17.3. The van der Waals surface area contributed by atoms with E-state index in [0.717, 1.165) is 76.8 Å². The molecule has 0 aliphatic heterocycles. The molecule has 0 aliphatic rings. The summed E-state index contributed by atoms with van der Waals surface area (Å²) < 4.78 is 3.94. The lowest BCUT2D eigenvalue weighted by Crippen LogP contribution is -2.16. The van der Waals surface area contributed by atoms with Gasteiger partial charge in [0, 0.05) is 32.5 Å². The molecule has 0 spiro atoms. The van der Waals surface area contributed by atoms with Gasteiger partial charge in [0.2, 0.25) is 5.95 Å². The zero-order valence-corrected chi connectivity index (χ0v) is 27.7. The van der Waals surface area contributed by atoms with Gasteiger partial charge in [-0.15, -0.1) is 0 Å². The van der Waals surface area contributed by atoms with Crippen molar-refractivity contribution in [2.75, 3.05) is 0 Å². The molecule has 0 fully saturated rings. The maximum atomic E-state index is 13.8. The minimum absolute atomic E-state index is 0.0594. The molecule has 4 heterocycles. The number of aromatic nitrogens is 5. The first-order chi connectivity index (χ1) is 25.7. The van der Waals surface area contributed by atoms with Crippen molar-refractivity contribution < 1.29 is 0 Å². The molecule has 242 valence electrons. The highest BCUT2D eigenvalue weighted by Crippen LogP contribution is 2.38. The van der Waals surface area contributed by atoms with E-state index in [1.165, 1.54) is 0 Å². The van der Waals surface area contributed by atoms with E-state index in [-0.39, 0.29) is 5.56 Å². The Hall–Kier alpha value is -7.18. The molecule has 0 radical (unpaired) electrons. The van der Waals surface area contributed by atoms with Crippen LogP contribution in [-0.4, -0.2) is 23.9 Å². The summed E-state index contributed by atoms with van der Waals surface area (Å²) in [6.45, 7) is 0. The van der Waals surface area contributed by atoms with E-state index in [9.17, 15) is 4.79 Å². The molecule has 6 nitrogen and oxygen atoms in total. The molecule has 11 rings (SSSR count). The van der Waals surface area contributed by atoms with Gasteiger partial charge in [0.05, 0.1) is 38.7 Å². The fourth-order valence-corrected chi connectivity index (χ4v) is 7.92. The van der Waals surface area contributed by atoms with Crippen molar-refractivity contribution in [2.45, 2.75) is 0 Å². The average Bonchev–Trinajstić information content (AvgIpc) is 3.54. The number of pyridine rings is 1. The second-order valence-corrected chi connectivity index (χ2v) is 13.2. The maximum absolute atomic E-state index is 13.8. The number of benzene rings is 7. The van der Waals surface area contributed by atoms with Gasteiger partial charge < -0.3 is 0 Å². The molecule has 0 aliphatic carbocycles. The van der Waals surface area contributed by atoms with Gasteiger partial charge in [0.15, 0.2) is 0 Å². The van der Waals surface area contributed by atoms with Crippen LogP contribution in [-0.2, 0) is 0 Å². The SMILES string of the molecule is O=c1c2ccccc2nc2c3ccc(-c4ccc5c(c4)c4ccccc4n5-c4nc(-c5ccccc5)c5ccccc5n4)cc3c3ccccc3n12. The Kier molecular flexibility index (Phi) is 6.01. The normalized spacial score (nSPS) is 11.9. The first-order valence-electron chi connectivity index (χ1n) is 17.3. The number of hydrogen-bond acceptors (Lipinski definition) is 4. The van der Waals surface area contributed by atoms with E-state index in [0.29, 0.717) is 22.5 Å². The Morgan fingerprint density at radius 3 is 1.75 bits per heavy atom. The van der Waals surface area contributed by atoms with E-state index in [2.05, 4.69) is 95.6 Å². The topological polar surface area (TPSA) is 65.1 Å². The molecule has 0 saturated carbocycles. The third-order valence-electron chi connectivity index (χ3n) is 10.3. The Bertz CT molecular complexity index is 3330. The second kappa shape index (κ2) is 10.9. The van der Waals surface area contributed by atoms with Crippen LogP contribution in [0.3, 0.4) is 0 Å². The van der Waals surface area contributed by atoms with Gasteiger partial charge in [-0.1, -0.05) is 109 Å². The Morgan fingerprint density at radius 1 is 0.385 bits per heavy atom. The van der Waals surface area contributed by atoms with Gasteiger partial charge in [0.25, 0.3) is 5.56 Å². The molecule has 0 bridgehead atoms. The Morgan fingerprint density at radius 2 is 0.962 bits per heavy atom. The van der Waals surface area contributed by atoms with Crippen molar-refractivity contribution in [3.05, 3.63) is 174 Å². The molecule has 7 aromatic carbocycles. The molecule has 6 heteroatoms. The first kappa shape index (κ1) is 28.6. The summed E-state index contributed by atoms with van der Waals surface area (Å²) >= 11 is 0. The highest BCUT2D eigenvalue weighted by molar-refractivity contribution is 6.14. The summed E-state index contributed by atoms with van der Waals surface area (Å²) in [5.74, 6) is 0.635. The lowest BCUT2D eigenvalue weighted by Gasteiger charge is -2.13. The molecule has 0 atom stereocenters. The zero-order chi connectivity index (χ0) is 34.3. The average molecular weight is 666 g/mol. The summed E-state index contributed by atoms with van der Waals surface area (Å²) in [5.41, 5.74) is 9.25. The van der Waals surface area contributed by atoms with Crippen LogP contribution in [0.4, 0.5) is 0 Å². The number of rotatable bonds is 3. The molecule has 52 heavy (non-hydrogen) atoms. The standard InChI is InChI=1S/C46H27N5O/c52-45-35-17-5-9-19-39(35)47-44-33-24-22-29(26-36(33)31-14-6-11-21-41(31)51(44)45)30-23-25-42-37(27-30)32-15-7-10-20-40(32)50(42)46-48-38-18-8-4-16-34(38)43(49-46)28-12-2-1-3-13-28/h1-27H. The van der Waals surface area contributed by atoms with Gasteiger partial charge in [-0.25, -0.2) is 15.0 Å². The largest absolute Gasteiger partial charge is 0.278 e. The van der Waals surface area contributed by atoms with Crippen LogP contribution in [0.15, 0.2) is 169 Å². The van der Waals surface area contributed by atoms with Gasteiger partial charge in [-0.3, -0.25) is 13.8 Å². The lowest BCUT2D eigenvalue weighted by molar-refractivity contribution is 1.01. The third kappa shape index (κ3) is 4.12. The van der Waals surface area contributed by atoms with Gasteiger partial charge in [0.1, 0.15) is 5.65 Å². The van der Waals surface area contributed by atoms with Crippen LogP contribution in [0.1, 0.15) is 0 Å². The highest BCUT2D eigenvalue weighted by atomic mass is 16.1. The fourth-order valence-electron chi connectivity index (χ4n) is 7.92. The molecule has 4 aromatic heterocycles. The van der Waals surface area contributed by atoms with Crippen molar-refractivity contribution in [1.82, 2.24) is 23.9 Å². The number of fused-ring (bicyclic) bond motifs is 11. The zero-order valence-electron chi connectivity index (χ0n) is 27.7. The van der Waals surface area contributed by atoms with Crippen LogP contribution in [0, 0.1) is 0 Å². The second-order valence-electron chi connectivity index (χ2n) is 13.2. The van der Waals surface area contributed by atoms with Crippen LogP contribution in [0.5, 0.6) is 0 Å². The quantitative estimate of drug-likeness (QED) is 0.139. The van der Waals surface area contributed by atoms with Crippen molar-refractivity contribution in [1.29, 1.82) is 0 Å². The number of hydrogen-bond donors (Lipinski definition) is 0. The third-order valence-corrected chi connectivity index (χ3v) is 10.3. The maximum Gasteiger partial charge on any atom is 0.266 e. The molecule has 0 N–H and O–H groups in total. The van der Waals surface area contributed by atoms with Gasteiger partial charge in [-0.05, 0) is 71.1 Å². The Labute approximate surface area is 296 Å². The Balaban J connectivity index is 1.14. The van der Waals surface area contributed by atoms with E-state index in [4.69, 9.17) is 15.0 Å². The van der Waals surface area contributed by atoms with Crippen LogP contribution in [0.2, 0.25) is 0 Å². The van der Waals surface area contributed by atoms with Gasteiger partial charge in [-0.2, -0.15) is 0 Å². The predicted molar refractivity (Wildman–Crippen MR) is 212 cm³/mol. The fraction of sp³-hybridized carbons (Fsp3) is 0. The number of nitrogens with zero attached hydrogens (tertiary/aromatic N) is 5. The summed E-state index contributed by atoms with van der Waals surface area (Å²) in [6, 6.07) is 55.8. The van der Waals surface area contributed by atoms with Crippen molar-refractivity contribution in [2.24, 2.45) is 0 Å². The molecule has 0 saturated heterocycles. The van der Waals surface area contributed by atoms with Crippen molar-refractivity contribution >= 4 is 70.9 Å². The van der Waals surface area contributed by atoms with E-state index >= 15 is 0 Å². The van der Waals surface area contributed by atoms with E-state index < -0.39 is 0 Å². The smallest absolute Gasteiger partial charge is 0.266 e. The molecular weight excluding hydrogens is 639 g/mol. The van der Waals surface area contributed by atoms with Crippen molar-refractivity contribution in [3.8, 4) is 28.3 Å². The lowest BCUT2D eigenvalue weighted by atomic mass is 9.97. The van der Waals surface area contributed by atoms with Crippen LogP contribution < -0.4 is 5.56 Å². The molecule has 11 aromatic rings. The monoisotopic (exact) mass is 665 g/mol. The van der Waals surface area contributed by atoms with E-state index in [1.807, 2.05) is 72.8 Å². The minimum Gasteiger partial charge on any atom is -0.278 e.